The number of phenolic OH excluding ortho intramolecular Hbond substituents is 1. The third-order valence-electron chi connectivity index (χ3n) is 2.37. The van der Waals surface area contributed by atoms with Gasteiger partial charge < -0.3 is 10.8 Å². The number of aromatic hydroxyl groups is 1. The first-order valence-corrected chi connectivity index (χ1v) is 4.66. The van der Waals surface area contributed by atoms with Gasteiger partial charge in [-0.25, -0.2) is 0 Å². The number of hydrogen-bond donors (Lipinski definition) is 2. The minimum absolute atomic E-state index is 0.0630. The summed E-state index contributed by atoms with van der Waals surface area (Å²) in [5.41, 5.74) is 6.82. The third-order valence-corrected chi connectivity index (χ3v) is 2.37. The Morgan fingerprint density at radius 3 is 2.64 bits per heavy atom. The van der Waals surface area contributed by atoms with Crippen LogP contribution in [0, 0.1) is 0 Å². The summed E-state index contributed by atoms with van der Waals surface area (Å²) in [5, 5.41) is 11.6. The summed E-state index contributed by atoms with van der Waals surface area (Å²) in [6, 6.07) is 11.3. The lowest BCUT2D eigenvalue weighted by Gasteiger charge is -2.10. The minimum Gasteiger partial charge on any atom is -0.508 e. The average molecular weight is 187 g/mol. The molecule has 0 saturated heterocycles. The van der Waals surface area contributed by atoms with Crippen molar-refractivity contribution in [2.24, 2.45) is 5.73 Å². The average Bonchev–Trinajstić information content (AvgIpc) is 2.16. The monoisotopic (exact) mass is 187 g/mol. The van der Waals surface area contributed by atoms with Gasteiger partial charge in [-0.2, -0.15) is 0 Å². The van der Waals surface area contributed by atoms with Crippen molar-refractivity contribution in [3.63, 3.8) is 0 Å². The highest BCUT2D eigenvalue weighted by molar-refractivity contribution is 5.87. The standard InChI is InChI=1S/C12H13NO/c1-8(13)12-7-10(14)6-9-4-2-3-5-11(9)12/h2-8,14H,13H2,1H3/t8-/m1/s1. The molecule has 0 aliphatic heterocycles. The number of benzene rings is 2. The van der Waals surface area contributed by atoms with Gasteiger partial charge in [-0.3, -0.25) is 0 Å². The molecule has 3 N–H and O–H groups in total. The highest BCUT2D eigenvalue weighted by atomic mass is 16.3. The van der Waals surface area contributed by atoms with Crippen molar-refractivity contribution in [1.29, 1.82) is 0 Å². The first-order valence-electron chi connectivity index (χ1n) is 4.66. The second kappa shape index (κ2) is 3.31. The van der Waals surface area contributed by atoms with Gasteiger partial charge in [0, 0.05) is 6.04 Å². The summed E-state index contributed by atoms with van der Waals surface area (Å²) in [5.74, 6) is 0.274. The summed E-state index contributed by atoms with van der Waals surface area (Å²) in [4.78, 5) is 0. The van der Waals surface area contributed by atoms with Gasteiger partial charge in [0.2, 0.25) is 0 Å². The summed E-state index contributed by atoms with van der Waals surface area (Å²) in [6.07, 6.45) is 0. The van der Waals surface area contributed by atoms with E-state index in [0.717, 1.165) is 16.3 Å². The normalized spacial score (nSPS) is 13.0. The smallest absolute Gasteiger partial charge is 0.116 e. The summed E-state index contributed by atoms with van der Waals surface area (Å²) >= 11 is 0. The fourth-order valence-electron chi connectivity index (χ4n) is 1.70. The Labute approximate surface area is 83.0 Å². The van der Waals surface area contributed by atoms with Crippen LogP contribution in [0.25, 0.3) is 10.8 Å². The number of nitrogens with two attached hydrogens (primary N) is 1. The van der Waals surface area contributed by atoms with E-state index in [4.69, 9.17) is 5.73 Å². The Bertz CT molecular complexity index is 463. The number of phenols is 1. The van der Waals surface area contributed by atoms with E-state index in [2.05, 4.69) is 0 Å². The van der Waals surface area contributed by atoms with Crippen molar-refractivity contribution in [2.45, 2.75) is 13.0 Å². The van der Waals surface area contributed by atoms with Crippen LogP contribution < -0.4 is 5.73 Å². The van der Waals surface area contributed by atoms with Gasteiger partial charge in [-0.1, -0.05) is 24.3 Å². The SMILES string of the molecule is C[C@@H](N)c1cc(O)cc2ccccc12. The van der Waals surface area contributed by atoms with Crippen molar-refractivity contribution in [1.82, 2.24) is 0 Å². The Hall–Kier alpha value is -1.54. The Morgan fingerprint density at radius 2 is 1.93 bits per heavy atom. The zero-order valence-electron chi connectivity index (χ0n) is 8.07. The maximum Gasteiger partial charge on any atom is 0.116 e. The molecular formula is C12H13NO. The molecule has 2 heteroatoms. The van der Waals surface area contributed by atoms with E-state index < -0.39 is 0 Å². The van der Waals surface area contributed by atoms with Crippen molar-refractivity contribution in [3.8, 4) is 5.75 Å². The molecule has 0 unspecified atom stereocenters. The molecule has 0 spiro atoms. The van der Waals surface area contributed by atoms with Crippen LogP contribution >= 0.6 is 0 Å². The summed E-state index contributed by atoms with van der Waals surface area (Å²) in [6.45, 7) is 1.92. The number of hydrogen-bond acceptors (Lipinski definition) is 2. The van der Waals surface area contributed by atoms with E-state index in [-0.39, 0.29) is 11.8 Å². The highest BCUT2D eigenvalue weighted by Crippen LogP contribution is 2.27. The Balaban J connectivity index is 2.80. The predicted molar refractivity (Wildman–Crippen MR) is 58.2 cm³/mol. The number of rotatable bonds is 1. The van der Waals surface area contributed by atoms with Gasteiger partial charge >= 0.3 is 0 Å². The quantitative estimate of drug-likeness (QED) is 0.720. The molecule has 0 aliphatic rings. The van der Waals surface area contributed by atoms with Crippen molar-refractivity contribution < 1.29 is 5.11 Å². The molecule has 0 saturated carbocycles. The van der Waals surface area contributed by atoms with E-state index in [1.807, 2.05) is 31.2 Å². The van der Waals surface area contributed by atoms with Crippen LogP contribution in [0.1, 0.15) is 18.5 Å². The van der Waals surface area contributed by atoms with Crippen LogP contribution in [0.5, 0.6) is 5.75 Å². The van der Waals surface area contributed by atoms with Gasteiger partial charge in [0.15, 0.2) is 0 Å². The Kier molecular flexibility index (Phi) is 2.14. The zero-order valence-corrected chi connectivity index (χ0v) is 8.07. The van der Waals surface area contributed by atoms with E-state index >= 15 is 0 Å². The van der Waals surface area contributed by atoms with Crippen molar-refractivity contribution in [2.75, 3.05) is 0 Å². The van der Waals surface area contributed by atoms with Crippen LogP contribution in [0.4, 0.5) is 0 Å². The molecule has 1 atom stereocenters. The van der Waals surface area contributed by atoms with E-state index in [0.29, 0.717) is 0 Å². The van der Waals surface area contributed by atoms with Gasteiger partial charge in [0.25, 0.3) is 0 Å². The molecule has 0 aromatic heterocycles. The highest BCUT2D eigenvalue weighted by Gasteiger charge is 2.06. The summed E-state index contributed by atoms with van der Waals surface area (Å²) in [7, 11) is 0. The van der Waals surface area contributed by atoms with Crippen LogP contribution in [-0.4, -0.2) is 5.11 Å². The fourth-order valence-corrected chi connectivity index (χ4v) is 1.70. The molecule has 0 amide bonds. The van der Waals surface area contributed by atoms with Gasteiger partial charge in [0.05, 0.1) is 0 Å². The van der Waals surface area contributed by atoms with Gasteiger partial charge in [-0.05, 0) is 35.4 Å². The van der Waals surface area contributed by atoms with E-state index in [9.17, 15) is 5.11 Å². The first kappa shape index (κ1) is 9.03. The van der Waals surface area contributed by atoms with E-state index in [1.165, 1.54) is 0 Å². The molecule has 0 heterocycles. The van der Waals surface area contributed by atoms with Gasteiger partial charge in [0.1, 0.15) is 5.75 Å². The molecule has 0 aliphatic carbocycles. The second-order valence-corrected chi connectivity index (χ2v) is 3.54. The van der Waals surface area contributed by atoms with Crippen LogP contribution in [0.15, 0.2) is 36.4 Å². The van der Waals surface area contributed by atoms with Crippen molar-refractivity contribution in [3.05, 3.63) is 42.0 Å². The first-order chi connectivity index (χ1) is 6.68. The molecular weight excluding hydrogens is 174 g/mol. The molecule has 14 heavy (non-hydrogen) atoms. The molecule has 72 valence electrons. The maximum atomic E-state index is 9.50. The molecule has 0 fully saturated rings. The predicted octanol–water partition coefficient (Wildman–Crippen LogP) is 2.57. The van der Waals surface area contributed by atoms with E-state index in [1.54, 1.807) is 12.1 Å². The lowest BCUT2D eigenvalue weighted by atomic mass is 10.00. The molecule has 0 radical (unpaired) electrons. The van der Waals surface area contributed by atoms with Crippen LogP contribution in [-0.2, 0) is 0 Å². The minimum atomic E-state index is -0.0630. The fraction of sp³-hybridized carbons (Fsp3) is 0.167. The molecule has 2 aromatic carbocycles. The van der Waals surface area contributed by atoms with Gasteiger partial charge in [-0.15, -0.1) is 0 Å². The van der Waals surface area contributed by atoms with Crippen LogP contribution in [0.3, 0.4) is 0 Å². The lowest BCUT2D eigenvalue weighted by Crippen LogP contribution is -2.05. The second-order valence-electron chi connectivity index (χ2n) is 3.54. The molecule has 2 rings (SSSR count). The van der Waals surface area contributed by atoms with Crippen LogP contribution in [0.2, 0.25) is 0 Å². The third kappa shape index (κ3) is 1.44. The largest absolute Gasteiger partial charge is 0.508 e. The molecule has 2 nitrogen and oxygen atoms in total. The topological polar surface area (TPSA) is 46.2 Å². The molecule has 0 bridgehead atoms. The summed E-state index contributed by atoms with van der Waals surface area (Å²) < 4.78 is 0. The Morgan fingerprint density at radius 1 is 1.21 bits per heavy atom. The zero-order chi connectivity index (χ0) is 10.1. The number of fused-ring (bicyclic) bond motifs is 1. The molecule has 2 aromatic rings. The lowest BCUT2D eigenvalue weighted by molar-refractivity contribution is 0.475. The van der Waals surface area contributed by atoms with Crippen molar-refractivity contribution >= 4 is 10.8 Å². The maximum absolute atomic E-state index is 9.50.